The maximum absolute atomic E-state index is 11.7. The van der Waals surface area contributed by atoms with E-state index >= 15 is 0 Å². The highest BCUT2D eigenvalue weighted by Gasteiger charge is 2.18. The maximum Gasteiger partial charge on any atom is 0.407 e. The molecule has 33 heavy (non-hydrogen) atoms. The zero-order valence-electron chi connectivity index (χ0n) is 19.8. The number of rotatable bonds is 11. The van der Waals surface area contributed by atoms with E-state index in [9.17, 15) is 13.9 Å². The van der Waals surface area contributed by atoms with Crippen molar-refractivity contribution < 1.29 is 18.6 Å². The normalized spacial score (nSPS) is 12.6. The fourth-order valence-corrected chi connectivity index (χ4v) is 4.71. The molecule has 0 saturated carbocycles. The van der Waals surface area contributed by atoms with Crippen molar-refractivity contribution in [2.75, 3.05) is 26.7 Å². The van der Waals surface area contributed by atoms with Crippen molar-refractivity contribution in [3.05, 3.63) is 64.7 Å². The van der Waals surface area contributed by atoms with E-state index in [1.807, 2.05) is 40.0 Å². The maximum atomic E-state index is 11.7. The number of nitrogens with zero attached hydrogens (tertiary/aromatic N) is 1. The largest absolute Gasteiger partial charge is 0.444 e. The zero-order chi connectivity index (χ0) is 24.5. The van der Waals surface area contributed by atoms with Crippen LogP contribution >= 0.6 is 22.4 Å². The van der Waals surface area contributed by atoms with Crippen molar-refractivity contribution in [1.29, 1.82) is 0 Å². The fourth-order valence-electron chi connectivity index (χ4n) is 3.11. The Labute approximate surface area is 204 Å². The number of likely N-dealkylation sites (N-methyl/N-ethyl adjacent to an activating group) is 1. The number of amides is 1. The molecule has 2 aromatic rings. The highest BCUT2D eigenvalue weighted by molar-refractivity contribution is 8.22. The minimum atomic E-state index is -3.12. The Hall–Kier alpha value is -1.81. The first kappa shape index (κ1) is 27.4. The molecule has 0 bridgehead atoms. The molecule has 0 fully saturated rings. The van der Waals surface area contributed by atoms with Gasteiger partial charge in [-0.25, -0.2) is 9.52 Å². The van der Waals surface area contributed by atoms with Crippen molar-refractivity contribution in [3.63, 3.8) is 0 Å². The number of ether oxygens (including phenoxy) is 1. The lowest BCUT2D eigenvalue weighted by molar-refractivity contribution is 0.0523. The van der Waals surface area contributed by atoms with Crippen LogP contribution in [-0.2, 0) is 17.7 Å². The van der Waals surface area contributed by atoms with E-state index in [4.69, 9.17) is 16.3 Å². The number of carbonyl (C=O) groups excluding carboxylic acids is 1. The van der Waals surface area contributed by atoms with E-state index in [0.29, 0.717) is 29.6 Å². The second-order valence-corrected chi connectivity index (χ2v) is 11.2. The van der Waals surface area contributed by atoms with Crippen LogP contribution in [0, 0.1) is 0 Å². The van der Waals surface area contributed by atoms with Crippen LogP contribution in [0.3, 0.4) is 0 Å². The number of hydrogen-bond acceptors (Lipinski definition) is 6. The average Bonchev–Trinajstić information content (AvgIpc) is 2.72. The van der Waals surface area contributed by atoms with Gasteiger partial charge in [-0.15, -0.1) is 10.8 Å². The van der Waals surface area contributed by atoms with Gasteiger partial charge in [0, 0.05) is 19.6 Å². The van der Waals surface area contributed by atoms with Crippen LogP contribution in [0.1, 0.15) is 38.3 Å². The summed E-state index contributed by atoms with van der Waals surface area (Å²) in [5, 5.41) is 3.10. The van der Waals surface area contributed by atoms with Gasteiger partial charge >= 0.3 is 6.09 Å². The first-order chi connectivity index (χ1) is 15.5. The second-order valence-electron chi connectivity index (χ2n) is 8.95. The summed E-state index contributed by atoms with van der Waals surface area (Å²) in [4.78, 5) is 14.2. The SMILES string of the molecule is CN(CCCc1ccc(CNC(=O)OC(C)(C)C)cc1)CCNS(O)(O)c1ccccc1Cl. The summed E-state index contributed by atoms with van der Waals surface area (Å²) in [5.41, 5.74) is 1.74. The Bertz CT molecular complexity index is 888. The quantitative estimate of drug-likeness (QED) is 0.325. The molecule has 0 aliphatic carbocycles. The number of hydrogen-bond donors (Lipinski definition) is 4. The van der Waals surface area contributed by atoms with Crippen LogP contribution in [0.2, 0.25) is 5.02 Å². The second kappa shape index (κ2) is 12.6. The number of nitrogens with one attached hydrogen (secondary N) is 2. The number of benzene rings is 2. The van der Waals surface area contributed by atoms with Crippen LogP contribution in [0.25, 0.3) is 0 Å². The molecule has 0 heterocycles. The lowest BCUT2D eigenvalue weighted by Crippen LogP contribution is -2.32. The Balaban J connectivity index is 1.66. The van der Waals surface area contributed by atoms with Gasteiger partial charge in [0.05, 0.1) is 9.92 Å². The first-order valence-corrected chi connectivity index (χ1v) is 12.9. The van der Waals surface area contributed by atoms with Crippen LogP contribution < -0.4 is 10.0 Å². The Morgan fingerprint density at radius 1 is 1.06 bits per heavy atom. The van der Waals surface area contributed by atoms with E-state index in [0.717, 1.165) is 24.9 Å². The molecule has 0 radical (unpaired) electrons. The fraction of sp³-hybridized carbons (Fsp3) is 0.458. The zero-order valence-corrected chi connectivity index (χ0v) is 21.4. The highest BCUT2D eigenvalue weighted by atomic mass is 35.5. The smallest absolute Gasteiger partial charge is 0.407 e. The van der Waals surface area contributed by atoms with Crippen molar-refractivity contribution in [3.8, 4) is 0 Å². The molecule has 0 aromatic heterocycles. The van der Waals surface area contributed by atoms with E-state index in [2.05, 4.69) is 27.1 Å². The van der Waals surface area contributed by atoms with Crippen molar-refractivity contribution in [2.45, 2.75) is 50.7 Å². The predicted molar refractivity (Wildman–Crippen MR) is 136 cm³/mol. The van der Waals surface area contributed by atoms with E-state index in [1.165, 1.54) is 5.56 Å². The van der Waals surface area contributed by atoms with E-state index < -0.39 is 22.5 Å². The molecule has 0 atom stereocenters. The third-order valence-electron chi connectivity index (χ3n) is 4.80. The standard InChI is InChI=1S/C24H36ClN3O4S/c1-24(2,3)32-23(29)26-18-20-13-11-19(12-14-20)8-7-16-28(4)17-15-27-33(30,31)22-10-6-5-9-21(22)25/h5-6,9-14,27,30-31H,7-8,15-18H2,1-4H3,(H,26,29). The van der Waals surface area contributed by atoms with Crippen molar-refractivity contribution >= 4 is 28.5 Å². The van der Waals surface area contributed by atoms with Gasteiger partial charge in [0.15, 0.2) is 0 Å². The van der Waals surface area contributed by atoms with Gasteiger partial charge in [-0.05, 0) is 70.5 Å². The predicted octanol–water partition coefficient (Wildman–Crippen LogP) is 5.54. The molecular weight excluding hydrogens is 462 g/mol. The van der Waals surface area contributed by atoms with Crippen LogP contribution in [0.4, 0.5) is 4.79 Å². The van der Waals surface area contributed by atoms with Crippen LogP contribution in [-0.4, -0.2) is 52.4 Å². The van der Waals surface area contributed by atoms with E-state index in [1.54, 1.807) is 24.3 Å². The summed E-state index contributed by atoms with van der Waals surface area (Å²) in [5.74, 6) is 0. The number of halogens is 1. The molecule has 0 saturated heterocycles. The Kier molecular flexibility index (Phi) is 10.5. The van der Waals surface area contributed by atoms with Gasteiger partial charge in [0.1, 0.15) is 5.60 Å². The molecule has 184 valence electrons. The summed E-state index contributed by atoms with van der Waals surface area (Å²) in [6.45, 7) is 7.93. The molecule has 9 heteroatoms. The average molecular weight is 498 g/mol. The summed E-state index contributed by atoms with van der Waals surface area (Å²) < 4.78 is 28.7. The molecular formula is C24H36ClN3O4S. The summed E-state index contributed by atoms with van der Waals surface area (Å²) in [7, 11) is -1.11. The van der Waals surface area contributed by atoms with Gasteiger partial charge in [-0.3, -0.25) is 9.11 Å². The van der Waals surface area contributed by atoms with Crippen LogP contribution in [0.5, 0.6) is 0 Å². The first-order valence-electron chi connectivity index (χ1n) is 11.0. The summed E-state index contributed by atoms with van der Waals surface area (Å²) in [6.07, 6.45) is 1.50. The minimum Gasteiger partial charge on any atom is -0.444 e. The van der Waals surface area contributed by atoms with Gasteiger partial charge in [-0.2, -0.15) is 0 Å². The lowest BCUT2D eigenvalue weighted by Gasteiger charge is -2.34. The Morgan fingerprint density at radius 2 is 1.70 bits per heavy atom. The number of alkyl carbamates (subject to hydrolysis) is 1. The van der Waals surface area contributed by atoms with Gasteiger partial charge in [0.2, 0.25) is 0 Å². The Morgan fingerprint density at radius 3 is 2.33 bits per heavy atom. The molecule has 7 nitrogen and oxygen atoms in total. The molecule has 2 rings (SSSR count). The minimum absolute atomic E-state index is 0.319. The van der Waals surface area contributed by atoms with Gasteiger partial charge in [-0.1, -0.05) is 48.0 Å². The number of aryl methyl sites for hydroxylation is 1. The molecule has 1 amide bonds. The molecule has 2 aromatic carbocycles. The monoisotopic (exact) mass is 497 g/mol. The third-order valence-corrected chi connectivity index (χ3v) is 6.82. The third kappa shape index (κ3) is 10.3. The molecule has 0 aliphatic rings. The highest BCUT2D eigenvalue weighted by Crippen LogP contribution is 2.47. The van der Waals surface area contributed by atoms with Gasteiger partial charge < -0.3 is 15.0 Å². The summed E-state index contributed by atoms with van der Waals surface area (Å²) in [6, 6.07) is 14.9. The van der Waals surface area contributed by atoms with Gasteiger partial charge in [0.25, 0.3) is 0 Å². The molecule has 4 N–H and O–H groups in total. The molecule has 0 spiro atoms. The van der Waals surface area contributed by atoms with E-state index in [-0.39, 0.29) is 0 Å². The lowest BCUT2D eigenvalue weighted by atomic mass is 10.1. The molecule has 0 unspecified atom stereocenters. The van der Waals surface area contributed by atoms with Crippen molar-refractivity contribution in [2.24, 2.45) is 0 Å². The summed E-state index contributed by atoms with van der Waals surface area (Å²) >= 11 is 6.07. The molecule has 0 aliphatic heterocycles. The number of carbonyl (C=O) groups is 1. The van der Waals surface area contributed by atoms with Crippen LogP contribution in [0.15, 0.2) is 53.4 Å². The topological polar surface area (TPSA) is 94.1 Å². The van der Waals surface area contributed by atoms with Crippen molar-refractivity contribution in [1.82, 2.24) is 14.9 Å².